The van der Waals surface area contributed by atoms with Gasteiger partial charge in [0.05, 0.1) is 4.47 Å². The molecule has 0 aliphatic rings. The van der Waals surface area contributed by atoms with Gasteiger partial charge in [-0.15, -0.1) is 0 Å². The molecule has 1 nitrogen and oxygen atoms in total. The van der Waals surface area contributed by atoms with Gasteiger partial charge in [0, 0.05) is 5.39 Å². The Morgan fingerprint density at radius 3 is 2.67 bits per heavy atom. The van der Waals surface area contributed by atoms with Gasteiger partial charge in [-0.05, 0) is 41.4 Å². The molecule has 2 aromatic rings. The van der Waals surface area contributed by atoms with Gasteiger partial charge in [0.1, 0.15) is 11.3 Å². The molecular weight excluding hydrogens is 216 g/mol. The number of fused-ring (bicyclic) bond motifs is 1. The molecule has 0 bridgehead atoms. The minimum absolute atomic E-state index is 0.951. The summed E-state index contributed by atoms with van der Waals surface area (Å²) in [6, 6.07) is 6.09. The summed E-state index contributed by atoms with van der Waals surface area (Å²) >= 11 is 3.45. The average Bonchev–Trinajstić information content (AvgIpc) is 2.32. The predicted octanol–water partition coefficient (Wildman–Crippen LogP) is 3.81. The van der Waals surface area contributed by atoms with Gasteiger partial charge < -0.3 is 4.42 Å². The van der Waals surface area contributed by atoms with Gasteiger partial charge >= 0.3 is 0 Å². The smallest absolute Gasteiger partial charge is 0.148 e. The summed E-state index contributed by atoms with van der Waals surface area (Å²) in [7, 11) is 0. The van der Waals surface area contributed by atoms with E-state index < -0.39 is 0 Å². The molecule has 12 heavy (non-hydrogen) atoms. The first kappa shape index (κ1) is 7.87. The van der Waals surface area contributed by atoms with Crippen LogP contribution in [0.4, 0.5) is 0 Å². The third-order valence-electron chi connectivity index (χ3n) is 2.15. The fraction of sp³-hybridized carbons (Fsp3) is 0.200. The van der Waals surface area contributed by atoms with Gasteiger partial charge in [0.2, 0.25) is 0 Å². The van der Waals surface area contributed by atoms with E-state index in [2.05, 4.69) is 28.9 Å². The van der Waals surface area contributed by atoms with Crippen LogP contribution < -0.4 is 0 Å². The standard InChI is InChI=1S/C10H9BrO/c1-6-7(2)12-10-8(6)4-3-5-9(10)11/h3-5H,1-2H3. The molecule has 1 heterocycles. The maximum Gasteiger partial charge on any atom is 0.148 e. The molecule has 0 unspecified atom stereocenters. The Morgan fingerprint density at radius 1 is 1.25 bits per heavy atom. The first-order valence-electron chi connectivity index (χ1n) is 3.84. The van der Waals surface area contributed by atoms with Gasteiger partial charge in [0.25, 0.3) is 0 Å². The summed E-state index contributed by atoms with van der Waals surface area (Å²) in [5, 5.41) is 1.20. The molecule has 0 radical (unpaired) electrons. The zero-order valence-electron chi connectivity index (χ0n) is 7.02. The maximum atomic E-state index is 5.58. The SMILES string of the molecule is Cc1oc2c(Br)cccc2c1C. The molecule has 0 N–H and O–H groups in total. The van der Waals surface area contributed by atoms with Crippen molar-refractivity contribution in [2.75, 3.05) is 0 Å². The first-order valence-corrected chi connectivity index (χ1v) is 4.63. The fourth-order valence-electron chi connectivity index (χ4n) is 1.33. The highest BCUT2D eigenvalue weighted by Crippen LogP contribution is 2.30. The van der Waals surface area contributed by atoms with Crippen LogP contribution in [0.3, 0.4) is 0 Å². The predicted molar refractivity (Wildman–Crippen MR) is 53.4 cm³/mol. The van der Waals surface area contributed by atoms with Crippen LogP contribution in [-0.4, -0.2) is 0 Å². The number of rotatable bonds is 0. The van der Waals surface area contributed by atoms with Crippen molar-refractivity contribution in [3.8, 4) is 0 Å². The molecular formula is C10H9BrO. The summed E-state index contributed by atoms with van der Waals surface area (Å²) in [6.07, 6.45) is 0. The third kappa shape index (κ3) is 0.985. The van der Waals surface area contributed by atoms with Gasteiger partial charge in [0.15, 0.2) is 0 Å². The lowest BCUT2D eigenvalue weighted by Crippen LogP contribution is -1.70. The van der Waals surface area contributed by atoms with Crippen LogP contribution in [0.25, 0.3) is 11.0 Å². The third-order valence-corrected chi connectivity index (χ3v) is 2.78. The Labute approximate surface area is 79.5 Å². The highest BCUT2D eigenvalue weighted by atomic mass is 79.9. The summed E-state index contributed by atoms with van der Waals surface area (Å²) in [6.45, 7) is 4.06. The topological polar surface area (TPSA) is 13.1 Å². The van der Waals surface area contributed by atoms with Gasteiger partial charge in [-0.2, -0.15) is 0 Å². The van der Waals surface area contributed by atoms with Gasteiger partial charge in [-0.1, -0.05) is 12.1 Å². The fourth-order valence-corrected chi connectivity index (χ4v) is 1.77. The van der Waals surface area contributed by atoms with Crippen LogP contribution in [-0.2, 0) is 0 Å². The number of hydrogen-bond acceptors (Lipinski definition) is 1. The van der Waals surface area contributed by atoms with E-state index in [0.717, 1.165) is 15.8 Å². The molecule has 1 aromatic carbocycles. The number of hydrogen-bond donors (Lipinski definition) is 0. The highest BCUT2D eigenvalue weighted by Gasteiger charge is 2.07. The largest absolute Gasteiger partial charge is 0.460 e. The van der Waals surface area contributed by atoms with Crippen molar-refractivity contribution in [1.82, 2.24) is 0 Å². The van der Waals surface area contributed by atoms with Gasteiger partial charge in [-0.3, -0.25) is 0 Å². The average molecular weight is 225 g/mol. The van der Waals surface area contributed by atoms with Crippen LogP contribution >= 0.6 is 15.9 Å². The van der Waals surface area contributed by atoms with Crippen LogP contribution in [0.1, 0.15) is 11.3 Å². The highest BCUT2D eigenvalue weighted by molar-refractivity contribution is 9.10. The van der Waals surface area contributed by atoms with Crippen molar-refractivity contribution in [3.63, 3.8) is 0 Å². The normalized spacial score (nSPS) is 10.9. The molecule has 2 heteroatoms. The second kappa shape index (κ2) is 2.63. The molecule has 0 atom stereocenters. The van der Waals surface area contributed by atoms with E-state index in [0.29, 0.717) is 0 Å². The zero-order valence-corrected chi connectivity index (χ0v) is 8.60. The minimum Gasteiger partial charge on any atom is -0.460 e. The van der Waals surface area contributed by atoms with Crippen LogP contribution in [0.2, 0.25) is 0 Å². The van der Waals surface area contributed by atoms with Crippen molar-refractivity contribution >= 4 is 26.9 Å². The Kier molecular flexibility index (Phi) is 1.72. The first-order chi connectivity index (χ1) is 5.70. The molecule has 1 aromatic heterocycles. The van der Waals surface area contributed by atoms with E-state index in [1.165, 1.54) is 10.9 Å². The van der Waals surface area contributed by atoms with Crippen LogP contribution in [0.15, 0.2) is 27.1 Å². The second-order valence-corrected chi connectivity index (χ2v) is 3.75. The summed E-state index contributed by atoms with van der Waals surface area (Å²) in [5.41, 5.74) is 2.18. The Hall–Kier alpha value is -0.760. The minimum atomic E-state index is 0.951. The molecule has 0 saturated carbocycles. The Bertz CT molecular complexity index is 429. The van der Waals surface area contributed by atoms with E-state index in [1.54, 1.807) is 0 Å². The van der Waals surface area contributed by atoms with Crippen LogP contribution in [0, 0.1) is 13.8 Å². The van der Waals surface area contributed by atoms with Crippen molar-refractivity contribution in [2.24, 2.45) is 0 Å². The van der Waals surface area contributed by atoms with Crippen molar-refractivity contribution in [3.05, 3.63) is 34.0 Å². The molecule has 0 amide bonds. The number of furan rings is 1. The number of halogens is 1. The summed E-state index contributed by atoms with van der Waals surface area (Å²) < 4.78 is 6.61. The Balaban J connectivity index is 2.95. The lowest BCUT2D eigenvalue weighted by Gasteiger charge is -1.90. The molecule has 0 fully saturated rings. The summed E-state index contributed by atoms with van der Waals surface area (Å²) in [4.78, 5) is 0. The number of para-hydroxylation sites is 1. The maximum absolute atomic E-state index is 5.58. The number of aryl methyl sites for hydroxylation is 2. The van der Waals surface area contributed by atoms with Crippen molar-refractivity contribution in [2.45, 2.75) is 13.8 Å². The van der Waals surface area contributed by atoms with Crippen LogP contribution in [0.5, 0.6) is 0 Å². The lowest BCUT2D eigenvalue weighted by molar-refractivity contribution is 0.573. The van der Waals surface area contributed by atoms with Crippen molar-refractivity contribution in [1.29, 1.82) is 0 Å². The zero-order chi connectivity index (χ0) is 8.72. The monoisotopic (exact) mass is 224 g/mol. The summed E-state index contributed by atoms with van der Waals surface area (Å²) in [5.74, 6) is 0.997. The molecule has 0 saturated heterocycles. The number of benzene rings is 1. The van der Waals surface area contributed by atoms with E-state index >= 15 is 0 Å². The molecule has 62 valence electrons. The van der Waals surface area contributed by atoms with E-state index in [4.69, 9.17) is 4.42 Å². The van der Waals surface area contributed by atoms with Gasteiger partial charge in [-0.25, -0.2) is 0 Å². The quantitative estimate of drug-likeness (QED) is 0.664. The second-order valence-electron chi connectivity index (χ2n) is 2.90. The van der Waals surface area contributed by atoms with E-state index in [1.807, 2.05) is 19.1 Å². The Morgan fingerprint density at radius 2 is 2.00 bits per heavy atom. The van der Waals surface area contributed by atoms with Crippen molar-refractivity contribution < 1.29 is 4.42 Å². The lowest BCUT2D eigenvalue weighted by atomic mass is 10.2. The molecule has 0 aliphatic heterocycles. The molecule has 0 spiro atoms. The van der Waals surface area contributed by atoms with E-state index in [-0.39, 0.29) is 0 Å². The molecule has 0 aliphatic carbocycles. The van der Waals surface area contributed by atoms with E-state index in [9.17, 15) is 0 Å². The molecule has 2 rings (SSSR count).